The van der Waals surface area contributed by atoms with Gasteiger partial charge in [-0.25, -0.2) is 4.98 Å². The highest BCUT2D eigenvalue weighted by Crippen LogP contribution is 2.13. The van der Waals surface area contributed by atoms with Gasteiger partial charge in [0.15, 0.2) is 5.82 Å². The van der Waals surface area contributed by atoms with E-state index in [0.29, 0.717) is 18.9 Å². The molecule has 4 rings (SSSR count). The Morgan fingerprint density at radius 1 is 0.893 bits per heavy atom. The van der Waals surface area contributed by atoms with Crippen LogP contribution >= 0.6 is 0 Å². The van der Waals surface area contributed by atoms with Gasteiger partial charge in [0.2, 0.25) is 0 Å². The molecular formula is C23H22N4O. The average molecular weight is 370 g/mol. The predicted octanol–water partition coefficient (Wildman–Crippen LogP) is 3.88. The molecule has 5 nitrogen and oxygen atoms in total. The smallest absolute Gasteiger partial charge is 0.294 e. The molecule has 0 saturated carbocycles. The van der Waals surface area contributed by atoms with E-state index >= 15 is 0 Å². The number of aromatic nitrogens is 3. The summed E-state index contributed by atoms with van der Waals surface area (Å²) >= 11 is 0. The van der Waals surface area contributed by atoms with E-state index in [0.717, 1.165) is 29.4 Å². The second kappa shape index (κ2) is 8.48. The molecule has 0 amide bonds. The van der Waals surface area contributed by atoms with Crippen molar-refractivity contribution in [2.75, 3.05) is 11.9 Å². The first-order valence-electron chi connectivity index (χ1n) is 9.47. The summed E-state index contributed by atoms with van der Waals surface area (Å²) in [7, 11) is 0. The standard InChI is InChI=1S/C23H22N4O/c28-23-22(25-14-7-12-18-8-3-1-4-9-18)26-20-13-15-24-16-21(20)27(23)17-19-10-5-2-6-11-19/h1-6,8-11,13,15-16H,7,12,14,17H2,(H,25,26). The first-order valence-corrected chi connectivity index (χ1v) is 9.47. The summed E-state index contributed by atoms with van der Waals surface area (Å²) in [5.74, 6) is 0.391. The maximum Gasteiger partial charge on any atom is 0.294 e. The molecular weight excluding hydrogens is 348 g/mol. The van der Waals surface area contributed by atoms with Crippen LogP contribution in [0.5, 0.6) is 0 Å². The van der Waals surface area contributed by atoms with Crippen molar-refractivity contribution in [1.29, 1.82) is 0 Å². The monoisotopic (exact) mass is 370 g/mol. The normalized spacial score (nSPS) is 10.9. The molecule has 0 bridgehead atoms. The zero-order valence-electron chi connectivity index (χ0n) is 15.6. The van der Waals surface area contributed by atoms with Crippen LogP contribution in [0.1, 0.15) is 17.5 Å². The largest absolute Gasteiger partial charge is 0.365 e. The maximum atomic E-state index is 13.1. The van der Waals surface area contributed by atoms with Crippen molar-refractivity contribution < 1.29 is 0 Å². The third kappa shape index (κ3) is 4.09. The Hall–Kier alpha value is -3.47. The summed E-state index contributed by atoms with van der Waals surface area (Å²) in [6.07, 6.45) is 5.29. The number of nitrogens with one attached hydrogen (secondary N) is 1. The number of rotatable bonds is 7. The molecule has 4 aromatic rings. The Bertz CT molecular complexity index is 1110. The lowest BCUT2D eigenvalue weighted by Crippen LogP contribution is -2.26. The zero-order chi connectivity index (χ0) is 19.2. The molecule has 0 aliphatic rings. The lowest BCUT2D eigenvalue weighted by molar-refractivity contribution is 0.780. The SMILES string of the molecule is O=c1c(NCCCc2ccccc2)nc2ccncc2n1Cc1ccccc1. The number of benzene rings is 2. The molecule has 0 fully saturated rings. The van der Waals surface area contributed by atoms with E-state index in [1.54, 1.807) is 17.0 Å². The van der Waals surface area contributed by atoms with Crippen LogP contribution in [0, 0.1) is 0 Å². The molecule has 2 aromatic carbocycles. The highest BCUT2D eigenvalue weighted by atomic mass is 16.1. The van der Waals surface area contributed by atoms with Crippen molar-refractivity contribution in [1.82, 2.24) is 14.5 Å². The number of fused-ring (bicyclic) bond motifs is 1. The van der Waals surface area contributed by atoms with E-state index in [9.17, 15) is 4.79 Å². The van der Waals surface area contributed by atoms with Gasteiger partial charge in [-0.2, -0.15) is 0 Å². The lowest BCUT2D eigenvalue weighted by Gasteiger charge is -2.13. The second-order valence-corrected chi connectivity index (χ2v) is 6.72. The Balaban J connectivity index is 1.56. The van der Waals surface area contributed by atoms with Gasteiger partial charge >= 0.3 is 0 Å². The molecule has 0 radical (unpaired) electrons. The van der Waals surface area contributed by atoms with Gasteiger partial charge in [0.1, 0.15) is 0 Å². The Morgan fingerprint density at radius 3 is 2.36 bits per heavy atom. The van der Waals surface area contributed by atoms with E-state index in [1.807, 2.05) is 54.6 Å². The Morgan fingerprint density at radius 2 is 1.61 bits per heavy atom. The summed E-state index contributed by atoms with van der Waals surface area (Å²) in [4.78, 5) is 21.8. The molecule has 1 N–H and O–H groups in total. The van der Waals surface area contributed by atoms with Gasteiger partial charge in [-0.1, -0.05) is 60.7 Å². The highest BCUT2D eigenvalue weighted by molar-refractivity contribution is 5.75. The fraction of sp³-hybridized carbons (Fsp3) is 0.174. The summed E-state index contributed by atoms with van der Waals surface area (Å²) in [5.41, 5.74) is 3.74. The number of nitrogens with zero attached hydrogens (tertiary/aromatic N) is 3. The average Bonchev–Trinajstić information content (AvgIpc) is 2.75. The van der Waals surface area contributed by atoms with Crippen LogP contribution in [-0.2, 0) is 13.0 Å². The van der Waals surface area contributed by atoms with Crippen LogP contribution in [0.3, 0.4) is 0 Å². The van der Waals surface area contributed by atoms with Gasteiger partial charge in [0, 0.05) is 12.7 Å². The van der Waals surface area contributed by atoms with E-state index in [-0.39, 0.29) is 5.56 Å². The number of hydrogen-bond acceptors (Lipinski definition) is 4. The summed E-state index contributed by atoms with van der Waals surface area (Å²) < 4.78 is 1.74. The van der Waals surface area contributed by atoms with Crippen LogP contribution in [0.25, 0.3) is 11.0 Å². The Kier molecular flexibility index (Phi) is 5.43. The van der Waals surface area contributed by atoms with E-state index < -0.39 is 0 Å². The molecule has 0 spiro atoms. The number of hydrogen-bond donors (Lipinski definition) is 1. The van der Waals surface area contributed by atoms with Crippen molar-refractivity contribution in [3.05, 3.63) is 101 Å². The van der Waals surface area contributed by atoms with Crippen LogP contribution < -0.4 is 10.9 Å². The van der Waals surface area contributed by atoms with Crippen LogP contribution in [0.15, 0.2) is 83.9 Å². The van der Waals surface area contributed by atoms with Crippen LogP contribution in [0.2, 0.25) is 0 Å². The molecule has 0 aliphatic carbocycles. The quantitative estimate of drug-likeness (QED) is 0.502. The minimum absolute atomic E-state index is 0.121. The van der Waals surface area contributed by atoms with Crippen molar-refractivity contribution >= 4 is 16.9 Å². The van der Waals surface area contributed by atoms with Gasteiger partial charge in [-0.15, -0.1) is 0 Å². The van der Waals surface area contributed by atoms with Gasteiger partial charge in [-0.05, 0) is 30.0 Å². The van der Waals surface area contributed by atoms with Crippen LogP contribution in [0.4, 0.5) is 5.82 Å². The van der Waals surface area contributed by atoms with Crippen LogP contribution in [-0.4, -0.2) is 21.1 Å². The van der Waals surface area contributed by atoms with Gasteiger partial charge in [0.25, 0.3) is 5.56 Å². The topological polar surface area (TPSA) is 59.8 Å². The van der Waals surface area contributed by atoms with E-state index in [4.69, 9.17) is 0 Å². The number of pyridine rings is 1. The molecule has 5 heteroatoms. The van der Waals surface area contributed by atoms with Crippen molar-refractivity contribution in [2.45, 2.75) is 19.4 Å². The number of anilines is 1. The fourth-order valence-electron chi connectivity index (χ4n) is 3.27. The molecule has 140 valence electrons. The predicted molar refractivity (Wildman–Crippen MR) is 113 cm³/mol. The fourth-order valence-corrected chi connectivity index (χ4v) is 3.27. The van der Waals surface area contributed by atoms with Gasteiger partial charge in [0.05, 0.1) is 23.8 Å². The Labute approximate surface area is 163 Å². The molecule has 28 heavy (non-hydrogen) atoms. The molecule has 0 unspecified atom stereocenters. The maximum absolute atomic E-state index is 13.1. The van der Waals surface area contributed by atoms with E-state index in [1.165, 1.54) is 5.56 Å². The third-order valence-electron chi connectivity index (χ3n) is 4.71. The third-order valence-corrected chi connectivity index (χ3v) is 4.71. The number of aryl methyl sites for hydroxylation is 1. The molecule has 0 aliphatic heterocycles. The highest BCUT2D eigenvalue weighted by Gasteiger charge is 2.11. The summed E-state index contributed by atoms with van der Waals surface area (Å²) in [5, 5.41) is 3.24. The van der Waals surface area contributed by atoms with Crippen molar-refractivity contribution in [3.8, 4) is 0 Å². The molecule has 0 saturated heterocycles. The summed E-state index contributed by atoms with van der Waals surface area (Å²) in [6, 6.07) is 22.1. The first-order chi connectivity index (χ1) is 13.8. The van der Waals surface area contributed by atoms with E-state index in [2.05, 4.69) is 27.4 Å². The van der Waals surface area contributed by atoms with Crippen molar-refractivity contribution in [3.63, 3.8) is 0 Å². The van der Waals surface area contributed by atoms with Gasteiger partial charge < -0.3 is 5.32 Å². The minimum atomic E-state index is -0.121. The minimum Gasteiger partial charge on any atom is -0.365 e. The second-order valence-electron chi connectivity index (χ2n) is 6.72. The molecule has 0 atom stereocenters. The molecule has 2 aromatic heterocycles. The summed E-state index contributed by atoms with van der Waals surface area (Å²) in [6.45, 7) is 1.18. The lowest BCUT2D eigenvalue weighted by atomic mass is 10.1. The molecule has 2 heterocycles. The van der Waals surface area contributed by atoms with Crippen molar-refractivity contribution in [2.24, 2.45) is 0 Å². The van der Waals surface area contributed by atoms with Gasteiger partial charge in [-0.3, -0.25) is 14.3 Å². The zero-order valence-corrected chi connectivity index (χ0v) is 15.6. The first kappa shape index (κ1) is 17.9.